The van der Waals surface area contributed by atoms with Gasteiger partial charge < -0.3 is 9.84 Å². The van der Waals surface area contributed by atoms with Gasteiger partial charge in [0.15, 0.2) is 0 Å². The molecule has 23 heavy (non-hydrogen) atoms. The number of benzene rings is 1. The van der Waals surface area contributed by atoms with Crippen LogP contribution in [0.3, 0.4) is 0 Å². The van der Waals surface area contributed by atoms with Crippen molar-refractivity contribution in [3.8, 4) is 0 Å². The molecule has 1 aromatic rings. The van der Waals surface area contributed by atoms with Crippen LogP contribution in [0.5, 0.6) is 0 Å². The number of hydrogen-bond acceptors (Lipinski definition) is 3. The van der Waals surface area contributed by atoms with Crippen molar-refractivity contribution in [2.45, 2.75) is 69.5 Å². The number of aliphatic hydroxyl groups is 1. The molecule has 2 unspecified atom stereocenters. The first-order valence-electron chi connectivity index (χ1n) is 8.87. The topological polar surface area (TPSA) is 46.5 Å². The van der Waals surface area contributed by atoms with Gasteiger partial charge in [-0.2, -0.15) is 0 Å². The lowest BCUT2D eigenvalue weighted by molar-refractivity contribution is -0.156. The molecule has 1 aliphatic heterocycles. The monoisotopic (exact) mass is 314 g/mol. The zero-order chi connectivity index (χ0) is 16.1. The number of esters is 1. The highest BCUT2D eigenvalue weighted by Crippen LogP contribution is 2.34. The molecule has 2 fully saturated rings. The van der Waals surface area contributed by atoms with Gasteiger partial charge in [0.2, 0.25) is 0 Å². The van der Waals surface area contributed by atoms with Gasteiger partial charge in [-0.15, -0.1) is 0 Å². The van der Waals surface area contributed by atoms with Crippen LogP contribution in [0.4, 0.5) is 0 Å². The number of aliphatic hydroxyl groups excluding tert-OH is 1. The summed E-state index contributed by atoms with van der Waals surface area (Å²) in [6, 6.07) is 8.54. The molecular formula is C20H26O3. The third kappa shape index (κ3) is 4.44. The SMILES string of the molecule is O=C1CC(O)CC(C=Cc2ccccc2C2CCCCCC2)O1. The standard InChI is InChI=1S/C20H26O3/c21-17-13-18(23-20(22)14-17)12-11-16-9-5-6-10-19(16)15-7-3-1-2-4-8-15/h5-6,9-12,15,17-18,21H,1-4,7-8,13-14H2. The minimum Gasteiger partial charge on any atom is -0.458 e. The maximum atomic E-state index is 11.4. The summed E-state index contributed by atoms with van der Waals surface area (Å²) in [7, 11) is 0. The Labute approximate surface area is 138 Å². The molecule has 3 heteroatoms. The number of carbonyl (C=O) groups excluding carboxylic acids is 1. The molecule has 3 rings (SSSR count). The first-order valence-corrected chi connectivity index (χ1v) is 8.87. The van der Waals surface area contributed by atoms with E-state index in [1.165, 1.54) is 49.7 Å². The van der Waals surface area contributed by atoms with Crippen molar-refractivity contribution in [3.63, 3.8) is 0 Å². The maximum absolute atomic E-state index is 11.4. The van der Waals surface area contributed by atoms with Crippen molar-refractivity contribution in [1.82, 2.24) is 0 Å². The average Bonchev–Trinajstić information content (AvgIpc) is 2.81. The van der Waals surface area contributed by atoms with Crippen LogP contribution in [0.1, 0.15) is 68.4 Å². The largest absolute Gasteiger partial charge is 0.458 e. The Balaban J connectivity index is 1.74. The van der Waals surface area contributed by atoms with Crippen molar-refractivity contribution < 1.29 is 14.6 Å². The van der Waals surface area contributed by atoms with Crippen LogP contribution in [0.15, 0.2) is 30.3 Å². The maximum Gasteiger partial charge on any atom is 0.309 e. The Bertz CT molecular complexity index is 556. The van der Waals surface area contributed by atoms with Gasteiger partial charge in [-0.05, 0) is 36.0 Å². The first-order chi connectivity index (χ1) is 11.2. The molecule has 1 heterocycles. The summed E-state index contributed by atoms with van der Waals surface area (Å²) in [6.07, 6.45) is 11.6. The van der Waals surface area contributed by atoms with Crippen LogP contribution >= 0.6 is 0 Å². The van der Waals surface area contributed by atoms with Crippen molar-refractivity contribution >= 4 is 12.0 Å². The molecule has 1 aromatic carbocycles. The molecule has 124 valence electrons. The first kappa shape index (κ1) is 16.3. The lowest BCUT2D eigenvalue weighted by Gasteiger charge is -2.23. The smallest absolute Gasteiger partial charge is 0.309 e. The summed E-state index contributed by atoms with van der Waals surface area (Å²) in [5, 5.41) is 9.70. The highest BCUT2D eigenvalue weighted by Gasteiger charge is 2.25. The molecule has 3 nitrogen and oxygen atoms in total. The second kappa shape index (κ2) is 7.78. The number of hydrogen-bond donors (Lipinski definition) is 1. The quantitative estimate of drug-likeness (QED) is 0.671. The van der Waals surface area contributed by atoms with E-state index >= 15 is 0 Å². The zero-order valence-corrected chi connectivity index (χ0v) is 13.6. The van der Waals surface area contributed by atoms with Crippen molar-refractivity contribution in [2.24, 2.45) is 0 Å². The molecule has 2 atom stereocenters. The lowest BCUT2D eigenvalue weighted by Crippen LogP contribution is -2.31. The summed E-state index contributed by atoms with van der Waals surface area (Å²) in [4.78, 5) is 11.4. The fourth-order valence-electron chi connectivity index (χ4n) is 3.76. The van der Waals surface area contributed by atoms with Gasteiger partial charge in [0.1, 0.15) is 6.10 Å². The van der Waals surface area contributed by atoms with E-state index < -0.39 is 6.10 Å². The molecule has 2 aliphatic rings. The van der Waals surface area contributed by atoms with Crippen molar-refractivity contribution in [1.29, 1.82) is 0 Å². The van der Waals surface area contributed by atoms with Crippen LogP contribution in [-0.4, -0.2) is 23.3 Å². The molecular weight excluding hydrogens is 288 g/mol. The summed E-state index contributed by atoms with van der Waals surface area (Å²) in [6.45, 7) is 0. The molecule has 0 bridgehead atoms. The van der Waals surface area contributed by atoms with Gasteiger partial charge in [0.05, 0.1) is 12.5 Å². The molecule has 1 saturated carbocycles. The second-order valence-electron chi connectivity index (χ2n) is 6.80. The molecule has 1 saturated heterocycles. The van der Waals surface area contributed by atoms with Crippen LogP contribution < -0.4 is 0 Å². The fourth-order valence-corrected chi connectivity index (χ4v) is 3.76. The summed E-state index contributed by atoms with van der Waals surface area (Å²) in [5.41, 5.74) is 2.63. The number of carbonyl (C=O) groups is 1. The van der Waals surface area contributed by atoms with Crippen LogP contribution in [0.2, 0.25) is 0 Å². The molecule has 1 aliphatic carbocycles. The summed E-state index contributed by atoms with van der Waals surface area (Å²) in [5.74, 6) is 0.327. The van der Waals surface area contributed by atoms with E-state index in [-0.39, 0.29) is 18.5 Å². The Hall–Kier alpha value is -1.61. The summed E-state index contributed by atoms with van der Waals surface area (Å²) >= 11 is 0. The number of cyclic esters (lactones) is 1. The van der Waals surface area contributed by atoms with Crippen molar-refractivity contribution in [3.05, 3.63) is 41.5 Å². The van der Waals surface area contributed by atoms with E-state index in [2.05, 4.69) is 30.3 Å². The van der Waals surface area contributed by atoms with Crippen LogP contribution in [0, 0.1) is 0 Å². The van der Waals surface area contributed by atoms with E-state index in [9.17, 15) is 9.90 Å². The van der Waals surface area contributed by atoms with Crippen LogP contribution in [0.25, 0.3) is 6.08 Å². The Morgan fingerprint density at radius 3 is 2.57 bits per heavy atom. The van der Waals surface area contributed by atoms with E-state index in [0.717, 1.165) is 0 Å². The number of ether oxygens (including phenoxy) is 1. The Morgan fingerprint density at radius 2 is 1.83 bits per heavy atom. The zero-order valence-electron chi connectivity index (χ0n) is 13.6. The highest BCUT2D eigenvalue weighted by atomic mass is 16.5. The van der Waals surface area contributed by atoms with Gasteiger partial charge in [-0.3, -0.25) is 4.79 Å². The normalized spacial score (nSPS) is 26.9. The van der Waals surface area contributed by atoms with E-state index in [1.54, 1.807) is 0 Å². The molecule has 1 N–H and O–H groups in total. The second-order valence-corrected chi connectivity index (χ2v) is 6.80. The molecule has 0 amide bonds. The van der Waals surface area contributed by atoms with Gasteiger partial charge in [-0.25, -0.2) is 0 Å². The third-order valence-electron chi connectivity index (χ3n) is 4.97. The van der Waals surface area contributed by atoms with E-state index in [4.69, 9.17) is 4.74 Å². The molecule has 0 spiro atoms. The Morgan fingerprint density at radius 1 is 1.09 bits per heavy atom. The van der Waals surface area contributed by atoms with Gasteiger partial charge in [0.25, 0.3) is 0 Å². The van der Waals surface area contributed by atoms with E-state index in [0.29, 0.717) is 12.3 Å². The van der Waals surface area contributed by atoms with E-state index in [1.807, 2.05) is 6.08 Å². The predicted molar refractivity (Wildman–Crippen MR) is 91.0 cm³/mol. The van der Waals surface area contributed by atoms with Crippen molar-refractivity contribution in [2.75, 3.05) is 0 Å². The lowest BCUT2D eigenvalue weighted by atomic mass is 9.88. The molecule has 0 aromatic heterocycles. The van der Waals surface area contributed by atoms with Gasteiger partial charge >= 0.3 is 5.97 Å². The van der Waals surface area contributed by atoms with Crippen LogP contribution in [-0.2, 0) is 9.53 Å². The minimum absolute atomic E-state index is 0.114. The minimum atomic E-state index is -0.581. The highest BCUT2D eigenvalue weighted by molar-refractivity contribution is 5.71. The summed E-state index contributed by atoms with van der Waals surface area (Å²) < 4.78 is 5.30. The Kier molecular flexibility index (Phi) is 5.50. The fraction of sp³-hybridized carbons (Fsp3) is 0.550. The molecule has 0 radical (unpaired) electrons. The van der Waals surface area contributed by atoms with Gasteiger partial charge in [-0.1, -0.05) is 56.0 Å². The average molecular weight is 314 g/mol. The predicted octanol–water partition coefficient (Wildman–Crippen LogP) is 4.20. The van der Waals surface area contributed by atoms with Gasteiger partial charge in [0, 0.05) is 6.42 Å². The number of rotatable bonds is 3. The third-order valence-corrected chi connectivity index (χ3v) is 4.97.